The standard InChI is InChI=1S/C10H11NO4/c1-2-9(12)7-15-10-5-3-8(4-6-10)11(13)14/h3-6H,2,7H2,1H3. The van der Waals surface area contributed by atoms with E-state index in [1.54, 1.807) is 6.92 Å². The average molecular weight is 209 g/mol. The summed E-state index contributed by atoms with van der Waals surface area (Å²) < 4.78 is 5.12. The van der Waals surface area contributed by atoms with Gasteiger partial charge in [0, 0.05) is 18.6 Å². The highest BCUT2D eigenvalue weighted by molar-refractivity contribution is 5.79. The summed E-state index contributed by atoms with van der Waals surface area (Å²) in [5.41, 5.74) is 0.00386. The lowest BCUT2D eigenvalue weighted by Gasteiger charge is -2.03. The number of nitro groups is 1. The van der Waals surface area contributed by atoms with Gasteiger partial charge in [-0.25, -0.2) is 0 Å². The molecule has 0 saturated carbocycles. The van der Waals surface area contributed by atoms with Crippen LogP contribution < -0.4 is 4.74 Å². The van der Waals surface area contributed by atoms with Crippen molar-refractivity contribution in [3.05, 3.63) is 34.4 Å². The fourth-order valence-corrected chi connectivity index (χ4v) is 0.930. The Labute approximate surface area is 86.8 Å². The predicted octanol–water partition coefficient (Wildman–Crippen LogP) is 1.95. The molecular formula is C10H11NO4. The molecule has 0 atom stereocenters. The van der Waals surface area contributed by atoms with E-state index in [2.05, 4.69) is 0 Å². The summed E-state index contributed by atoms with van der Waals surface area (Å²) in [4.78, 5) is 20.8. The van der Waals surface area contributed by atoms with E-state index >= 15 is 0 Å². The number of Topliss-reactive ketones (excluding diaryl/α,β-unsaturated/α-hetero) is 1. The first kappa shape index (κ1) is 11.2. The molecule has 0 aromatic heterocycles. The van der Waals surface area contributed by atoms with Crippen LogP contribution in [0, 0.1) is 10.1 Å². The molecule has 0 spiro atoms. The van der Waals surface area contributed by atoms with Crippen LogP contribution in [0.15, 0.2) is 24.3 Å². The second-order valence-corrected chi connectivity index (χ2v) is 2.93. The van der Waals surface area contributed by atoms with E-state index in [0.717, 1.165) is 0 Å². The third-order valence-corrected chi connectivity index (χ3v) is 1.84. The van der Waals surface area contributed by atoms with Gasteiger partial charge in [-0.3, -0.25) is 14.9 Å². The Morgan fingerprint density at radius 1 is 1.40 bits per heavy atom. The van der Waals surface area contributed by atoms with Gasteiger partial charge in [0.05, 0.1) is 4.92 Å². The molecule has 5 heteroatoms. The first-order chi connectivity index (χ1) is 7.13. The van der Waals surface area contributed by atoms with Gasteiger partial charge in [-0.05, 0) is 12.1 Å². The Balaban J connectivity index is 2.57. The third kappa shape index (κ3) is 3.38. The van der Waals surface area contributed by atoms with Gasteiger partial charge in [0.25, 0.3) is 5.69 Å². The fourth-order valence-electron chi connectivity index (χ4n) is 0.930. The minimum atomic E-state index is -0.485. The maximum Gasteiger partial charge on any atom is 0.269 e. The number of non-ortho nitro benzene ring substituents is 1. The number of hydrogen-bond donors (Lipinski definition) is 0. The quantitative estimate of drug-likeness (QED) is 0.549. The lowest BCUT2D eigenvalue weighted by Crippen LogP contribution is -2.09. The van der Waals surface area contributed by atoms with Crippen molar-refractivity contribution >= 4 is 11.5 Å². The van der Waals surface area contributed by atoms with Crippen LogP contribution in [0.3, 0.4) is 0 Å². The smallest absolute Gasteiger partial charge is 0.269 e. The monoisotopic (exact) mass is 209 g/mol. The number of carbonyl (C=O) groups is 1. The van der Waals surface area contributed by atoms with Gasteiger partial charge in [0.1, 0.15) is 12.4 Å². The van der Waals surface area contributed by atoms with Gasteiger partial charge in [-0.2, -0.15) is 0 Å². The van der Waals surface area contributed by atoms with Crippen LogP contribution in [-0.2, 0) is 4.79 Å². The predicted molar refractivity (Wildman–Crippen MR) is 53.9 cm³/mol. The van der Waals surface area contributed by atoms with Crippen LogP contribution in [0.1, 0.15) is 13.3 Å². The van der Waals surface area contributed by atoms with E-state index in [0.29, 0.717) is 12.2 Å². The van der Waals surface area contributed by atoms with Gasteiger partial charge in [0.15, 0.2) is 5.78 Å². The zero-order chi connectivity index (χ0) is 11.3. The van der Waals surface area contributed by atoms with Crippen LogP contribution in [0.5, 0.6) is 5.75 Å². The number of hydrogen-bond acceptors (Lipinski definition) is 4. The molecule has 80 valence electrons. The number of ketones is 1. The summed E-state index contributed by atoms with van der Waals surface area (Å²) in [6.07, 6.45) is 0.424. The first-order valence-corrected chi connectivity index (χ1v) is 4.52. The summed E-state index contributed by atoms with van der Waals surface area (Å²) in [7, 11) is 0. The molecule has 0 fully saturated rings. The molecule has 0 heterocycles. The topological polar surface area (TPSA) is 69.4 Å². The SMILES string of the molecule is CCC(=O)COc1ccc([N+](=O)[O-])cc1. The van der Waals surface area contributed by atoms with Crippen molar-refractivity contribution in [3.63, 3.8) is 0 Å². The maximum absolute atomic E-state index is 10.9. The van der Waals surface area contributed by atoms with Gasteiger partial charge < -0.3 is 4.74 Å². The molecule has 0 aliphatic heterocycles. The van der Waals surface area contributed by atoms with Crippen LogP contribution in [-0.4, -0.2) is 17.3 Å². The van der Waals surface area contributed by atoms with Gasteiger partial charge in [-0.1, -0.05) is 6.92 Å². The maximum atomic E-state index is 10.9. The highest BCUT2D eigenvalue weighted by Crippen LogP contribution is 2.17. The molecule has 1 aromatic carbocycles. The summed E-state index contributed by atoms with van der Waals surface area (Å²) in [5.74, 6) is 0.454. The van der Waals surface area contributed by atoms with Gasteiger partial charge in [-0.15, -0.1) is 0 Å². The normalized spacial score (nSPS) is 9.67. The second-order valence-electron chi connectivity index (χ2n) is 2.93. The molecule has 0 N–H and O–H groups in total. The van der Waals surface area contributed by atoms with Crippen molar-refractivity contribution in [3.8, 4) is 5.75 Å². The molecule has 0 amide bonds. The van der Waals surface area contributed by atoms with Crippen molar-refractivity contribution in [1.29, 1.82) is 0 Å². The minimum absolute atomic E-state index is 0.00386. The van der Waals surface area contributed by atoms with Gasteiger partial charge >= 0.3 is 0 Å². The third-order valence-electron chi connectivity index (χ3n) is 1.84. The summed E-state index contributed by atoms with van der Waals surface area (Å²) in [6, 6.07) is 5.62. The van der Waals surface area contributed by atoms with Crippen molar-refractivity contribution in [2.24, 2.45) is 0 Å². The molecule has 0 saturated heterocycles. The van der Waals surface area contributed by atoms with E-state index < -0.39 is 4.92 Å². The Morgan fingerprint density at radius 3 is 2.47 bits per heavy atom. The van der Waals surface area contributed by atoms with E-state index in [1.807, 2.05) is 0 Å². The summed E-state index contributed by atoms with van der Waals surface area (Å²) in [6.45, 7) is 1.76. The minimum Gasteiger partial charge on any atom is -0.486 e. The lowest BCUT2D eigenvalue weighted by atomic mass is 10.3. The van der Waals surface area contributed by atoms with E-state index in [9.17, 15) is 14.9 Å². The summed E-state index contributed by atoms with van der Waals surface area (Å²) in [5, 5.41) is 10.3. The first-order valence-electron chi connectivity index (χ1n) is 4.52. The molecule has 0 aliphatic carbocycles. The van der Waals surface area contributed by atoms with Crippen LogP contribution in [0.2, 0.25) is 0 Å². The van der Waals surface area contributed by atoms with Crippen LogP contribution in [0.25, 0.3) is 0 Å². The Hall–Kier alpha value is -1.91. The van der Waals surface area contributed by atoms with Crippen molar-refractivity contribution in [2.45, 2.75) is 13.3 Å². The van der Waals surface area contributed by atoms with E-state index in [-0.39, 0.29) is 18.1 Å². The number of rotatable bonds is 5. The molecule has 0 bridgehead atoms. The lowest BCUT2D eigenvalue weighted by molar-refractivity contribution is -0.384. The Kier molecular flexibility index (Phi) is 3.79. The molecule has 0 unspecified atom stereocenters. The second kappa shape index (κ2) is 5.09. The highest BCUT2D eigenvalue weighted by atomic mass is 16.6. The van der Waals surface area contributed by atoms with Crippen LogP contribution >= 0.6 is 0 Å². The van der Waals surface area contributed by atoms with Crippen molar-refractivity contribution in [1.82, 2.24) is 0 Å². The van der Waals surface area contributed by atoms with E-state index in [1.165, 1.54) is 24.3 Å². The number of carbonyl (C=O) groups excluding carboxylic acids is 1. The highest BCUT2D eigenvalue weighted by Gasteiger charge is 2.05. The fraction of sp³-hybridized carbons (Fsp3) is 0.300. The molecule has 5 nitrogen and oxygen atoms in total. The van der Waals surface area contributed by atoms with Crippen molar-refractivity contribution in [2.75, 3.05) is 6.61 Å². The number of nitrogens with zero attached hydrogens (tertiary/aromatic N) is 1. The van der Waals surface area contributed by atoms with Crippen LogP contribution in [0.4, 0.5) is 5.69 Å². The number of ether oxygens (including phenoxy) is 1. The summed E-state index contributed by atoms with van der Waals surface area (Å²) >= 11 is 0. The molecular weight excluding hydrogens is 198 g/mol. The zero-order valence-corrected chi connectivity index (χ0v) is 8.30. The number of nitro benzene ring substituents is 1. The zero-order valence-electron chi connectivity index (χ0n) is 8.30. The largest absolute Gasteiger partial charge is 0.486 e. The molecule has 1 rings (SSSR count). The molecule has 0 aliphatic rings. The molecule has 0 radical (unpaired) electrons. The Bertz CT molecular complexity index is 358. The van der Waals surface area contributed by atoms with Gasteiger partial charge in [0.2, 0.25) is 0 Å². The number of benzene rings is 1. The molecule has 1 aromatic rings. The average Bonchev–Trinajstić information content (AvgIpc) is 2.26. The Morgan fingerprint density at radius 2 is 2.00 bits per heavy atom. The molecule has 15 heavy (non-hydrogen) atoms. The van der Waals surface area contributed by atoms with E-state index in [4.69, 9.17) is 4.74 Å². The van der Waals surface area contributed by atoms with Crippen molar-refractivity contribution < 1.29 is 14.5 Å².